The first-order valence-electron chi connectivity index (χ1n) is 4.89. The third-order valence-corrected chi connectivity index (χ3v) is 3.49. The summed E-state index contributed by atoms with van der Waals surface area (Å²) in [5, 5.41) is 3.59. The van der Waals surface area contributed by atoms with Crippen LogP contribution in [-0.2, 0) is 6.54 Å². The SMILES string of the molecule is Cc1ccc(CNc2ccc(F)cc2Cl)s1. The van der Waals surface area contributed by atoms with E-state index in [1.54, 1.807) is 17.4 Å². The van der Waals surface area contributed by atoms with Crippen molar-refractivity contribution in [1.82, 2.24) is 0 Å². The molecule has 4 heteroatoms. The Hall–Kier alpha value is -1.06. The van der Waals surface area contributed by atoms with Crippen molar-refractivity contribution in [2.75, 3.05) is 5.32 Å². The predicted octanol–water partition coefficient (Wildman–Crippen LogP) is 4.46. The van der Waals surface area contributed by atoms with Crippen LogP contribution in [0.15, 0.2) is 30.3 Å². The number of rotatable bonds is 3. The second kappa shape index (κ2) is 4.85. The van der Waals surface area contributed by atoms with Crippen LogP contribution >= 0.6 is 22.9 Å². The lowest BCUT2D eigenvalue weighted by Crippen LogP contribution is -1.98. The van der Waals surface area contributed by atoms with Gasteiger partial charge in [0.05, 0.1) is 10.7 Å². The van der Waals surface area contributed by atoms with Gasteiger partial charge in [0.2, 0.25) is 0 Å². The molecule has 1 heterocycles. The van der Waals surface area contributed by atoms with E-state index in [4.69, 9.17) is 11.6 Å². The highest BCUT2D eigenvalue weighted by atomic mass is 35.5. The Kier molecular flexibility index (Phi) is 3.46. The number of aryl methyl sites for hydroxylation is 1. The van der Waals surface area contributed by atoms with E-state index in [-0.39, 0.29) is 5.82 Å². The molecule has 0 aliphatic carbocycles. The summed E-state index contributed by atoms with van der Waals surface area (Å²) in [6.07, 6.45) is 0. The van der Waals surface area contributed by atoms with Crippen molar-refractivity contribution in [1.29, 1.82) is 0 Å². The molecule has 0 radical (unpaired) electrons. The number of anilines is 1. The number of halogens is 2. The minimum Gasteiger partial charge on any atom is -0.379 e. The molecule has 0 spiro atoms. The number of hydrogen-bond acceptors (Lipinski definition) is 2. The van der Waals surface area contributed by atoms with Gasteiger partial charge in [0.1, 0.15) is 5.82 Å². The fraction of sp³-hybridized carbons (Fsp3) is 0.167. The van der Waals surface area contributed by atoms with Crippen LogP contribution in [0.4, 0.5) is 10.1 Å². The Morgan fingerprint density at radius 3 is 2.75 bits per heavy atom. The highest BCUT2D eigenvalue weighted by Crippen LogP contribution is 2.24. The number of nitrogens with one attached hydrogen (secondary N) is 1. The number of benzene rings is 1. The van der Waals surface area contributed by atoms with E-state index in [2.05, 4.69) is 24.4 Å². The first kappa shape index (κ1) is 11.4. The van der Waals surface area contributed by atoms with Gasteiger partial charge in [-0.05, 0) is 37.3 Å². The Balaban J connectivity index is 2.04. The molecule has 0 aliphatic rings. The predicted molar refractivity (Wildman–Crippen MR) is 67.8 cm³/mol. The first-order valence-corrected chi connectivity index (χ1v) is 6.09. The van der Waals surface area contributed by atoms with Gasteiger partial charge in [-0.3, -0.25) is 0 Å². The lowest BCUT2D eigenvalue weighted by molar-refractivity contribution is 0.628. The van der Waals surface area contributed by atoms with Gasteiger partial charge in [-0.2, -0.15) is 0 Å². The van der Waals surface area contributed by atoms with Crippen LogP contribution < -0.4 is 5.32 Å². The maximum atomic E-state index is 12.8. The molecule has 0 fully saturated rings. The maximum Gasteiger partial charge on any atom is 0.124 e. The maximum absolute atomic E-state index is 12.8. The zero-order valence-electron chi connectivity index (χ0n) is 8.76. The fourth-order valence-electron chi connectivity index (χ4n) is 1.40. The molecule has 1 aromatic heterocycles. The molecule has 0 unspecified atom stereocenters. The van der Waals surface area contributed by atoms with Crippen LogP contribution in [0.5, 0.6) is 0 Å². The van der Waals surface area contributed by atoms with Gasteiger partial charge in [-0.15, -0.1) is 11.3 Å². The van der Waals surface area contributed by atoms with Crippen molar-refractivity contribution in [3.05, 3.63) is 50.9 Å². The summed E-state index contributed by atoms with van der Waals surface area (Å²) in [4.78, 5) is 2.51. The molecule has 2 aromatic rings. The van der Waals surface area contributed by atoms with Crippen LogP contribution in [0.25, 0.3) is 0 Å². The minimum absolute atomic E-state index is 0.317. The van der Waals surface area contributed by atoms with E-state index in [1.165, 1.54) is 21.9 Å². The Bertz CT molecular complexity index is 496. The molecular weight excluding hydrogens is 245 g/mol. The topological polar surface area (TPSA) is 12.0 Å². The molecule has 1 aromatic carbocycles. The smallest absolute Gasteiger partial charge is 0.124 e. The molecule has 1 N–H and O–H groups in total. The van der Waals surface area contributed by atoms with E-state index in [0.717, 1.165) is 5.69 Å². The minimum atomic E-state index is -0.317. The normalized spacial score (nSPS) is 10.4. The van der Waals surface area contributed by atoms with Crippen LogP contribution in [0.2, 0.25) is 5.02 Å². The van der Waals surface area contributed by atoms with Gasteiger partial charge in [0.25, 0.3) is 0 Å². The molecule has 0 saturated heterocycles. The summed E-state index contributed by atoms with van der Waals surface area (Å²) < 4.78 is 12.8. The quantitative estimate of drug-likeness (QED) is 0.854. The summed E-state index contributed by atoms with van der Waals surface area (Å²) in [6, 6.07) is 8.51. The van der Waals surface area contributed by atoms with Crippen LogP contribution in [0, 0.1) is 12.7 Å². The first-order chi connectivity index (χ1) is 7.65. The van der Waals surface area contributed by atoms with Gasteiger partial charge in [-0.1, -0.05) is 11.6 Å². The van der Waals surface area contributed by atoms with E-state index in [9.17, 15) is 4.39 Å². The van der Waals surface area contributed by atoms with E-state index < -0.39 is 0 Å². The zero-order valence-corrected chi connectivity index (χ0v) is 10.3. The summed E-state index contributed by atoms with van der Waals surface area (Å²) >= 11 is 7.64. The van der Waals surface area contributed by atoms with Gasteiger partial charge < -0.3 is 5.32 Å². The third kappa shape index (κ3) is 2.74. The van der Waals surface area contributed by atoms with Crippen molar-refractivity contribution in [2.24, 2.45) is 0 Å². The zero-order chi connectivity index (χ0) is 11.5. The molecule has 2 rings (SSSR count). The van der Waals surface area contributed by atoms with Gasteiger partial charge in [-0.25, -0.2) is 4.39 Å². The van der Waals surface area contributed by atoms with Gasteiger partial charge in [0, 0.05) is 16.3 Å². The summed E-state index contributed by atoms with van der Waals surface area (Å²) in [5.41, 5.74) is 0.758. The van der Waals surface area contributed by atoms with Crippen molar-refractivity contribution >= 4 is 28.6 Å². The lowest BCUT2D eigenvalue weighted by atomic mass is 10.3. The Morgan fingerprint density at radius 2 is 2.12 bits per heavy atom. The second-order valence-corrected chi connectivity index (χ2v) is 5.27. The molecule has 16 heavy (non-hydrogen) atoms. The fourth-order valence-corrected chi connectivity index (χ4v) is 2.46. The van der Waals surface area contributed by atoms with Crippen molar-refractivity contribution in [3.8, 4) is 0 Å². The van der Waals surface area contributed by atoms with Gasteiger partial charge in [0.15, 0.2) is 0 Å². The van der Waals surface area contributed by atoms with Crippen molar-refractivity contribution < 1.29 is 4.39 Å². The van der Waals surface area contributed by atoms with Gasteiger partial charge >= 0.3 is 0 Å². The molecule has 0 aliphatic heterocycles. The van der Waals surface area contributed by atoms with E-state index in [1.807, 2.05) is 0 Å². The number of hydrogen-bond donors (Lipinski definition) is 1. The Morgan fingerprint density at radius 1 is 1.31 bits per heavy atom. The van der Waals surface area contributed by atoms with Crippen LogP contribution in [0.1, 0.15) is 9.75 Å². The third-order valence-electron chi connectivity index (χ3n) is 2.18. The molecule has 0 saturated carbocycles. The second-order valence-electron chi connectivity index (χ2n) is 3.49. The molecule has 0 atom stereocenters. The summed E-state index contributed by atoms with van der Waals surface area (Å²) in [7, 11) is 0. The van der Waals surface area contributed by atoms with Crippen molar-refractivity contribution in [3.63, 3.8) is 0 Å². The van der Waals surface area contributed by atoms with Crippen molar-refractivity contribution in [2.45, 2.75) is 13.5 Å². The average molecular weight is 256 g/mol. The molecule has 0 amide bonds. The largest absolute Gasteiger partial charge is 0.379 e. The summed E-state index contributed by atoms with van der Waals surface area (Å²) in [5.74, 6) is -0.317. The number of thiophene rings is 1. The highest BCUT2D eigenvalue weighted by molar-refractivity contribution is 7.11. The van der Waals surface area contributed by atoms with Crippen LogP contribution in [-0.4, -0.2) is 0 Å². The standard InChI is InChI=1S/C12H11ClFNS/c1-8-2-4-10(16-8)7-15-12-5-3-9(14)6-11(12)13/h2-6,15H,7H2,1H3. The molecular formula is C12H11ClFNS. The van der Waals surface area contributed by atoms with Crippen LogP contribution in [0.3, 0.4) is 0 Å². The highest BCUT2D eigenvalue weighted by Gasteiger charge is 2.02. The Labute approximate surface area is 103 Å². The summed E-state index contributed by atoms with van der Waals surface area (Å²) in [6.45, 7) is 2.78. The van der Waals surface area contributed by atoms with E-state index >= 15 is 0 Å². The van der Waals surface area contributed by atoms with E-state index in [0.29, 0.717) is 11.6 Å². The molecule has 84 valence electrons. The molecule has 1 nitrogen and oxygen atoms in total. The monoisotopic (exact) mass is 255 g/mol. The lowest BCUT2D eigenvalue weighted by Gasteiger charge is -2.06. The average Bonchev–Trinajstić information content (AvgIpc) is 2.63. The molecule has 0 bridgehead atoms.